The van der Waals surface area contributed by atoms with Gasteiger partial charge in [-0.1, -0.05) is 0 Å². The lowest BCUT2D eigenvalue weighted by Gasteiger charge is -2.24. The monoisotopic (exact) mass is 186 g/mol. The maximum Gasteiger partial charge on any atom is 0.221 e. The molecular formula is C9H18N2O2. The normalized spacial score (nSPS) is 24.2. The molecule has 1 fully saturated rings. The Morgan fingerprint density at radius 1 is 1.69 bits per heavy atom. The zero-order valence-corrected chi connectivity index (χ0v) is 8.12. The van der Waals surface area contributed by atoms with Crippen molar-refractivity contribution in [3.63, 3.8) is 0 Å². The Kier molecular flexibility index (Phi) is 4.18. The molecule has 1 saturated heterocycles. The van der Waals surface area contributed by atoms with E-state index in [1.807, 2.05) is 7.05 Å². The summed E-state index contributed by atoms with van der Waals surface area (Å²) in [7, 11) is 1.96. The molecule has 76 valence electrons. The highest BCUT2D eigenvalue weighted by Crippen LogP contribution is 2.11. The van der Waals surface area contributed by atoms with Crippen LogP contribution in [0, 0.1) is 0 Å². The molecule has 1 rings (SSSR count). The van der Waals surface area contributed by atoms with Crippen LogP contribution in [0.1, 0.15) is 19.3 Å². The molecular weight excluding hydrogens is 168 g/mol. The summed E-state index contributed by atoms with van der Waals surface area (Å²) in [5.74, 6) is 0.132. The van der Waals surface area contributed by atoms with E-state index in [1.54, 1.807) is 0 Å². The summed E-state index contributed by atoms with van der Waals surface area (Å²) < 4.78 is 0. The number of hydrogen-bond acceptors (Lipinski definition) is 3. The molecule has 0 bridgehead atoms. The van der Waals surface area contributed by atoms with Crippen molar-refractivity contribution in [3.8, 4) is 0 Å². The van der Waals surface area contributed by atoms with Crippen LogP contribution in [0.3, 0.4) is 0 Å². The number of carbonyl (C=O) groups is 1. The van der Waals surface area contributed by atoms with Gasteiger partial charge >= 0.3 is 0 Å². The van der Waals surface area contributed by atoms with E-state index in [4.69, 9.17) is 5.11 Å². The number of amides is 1. The van der Waals surface area contributed by atoms with E-state index >= 15 is 0 Å². The molecule has 4 nitrogen and oxygen atoms in total. The van der Waals surface area contributed by atoms with Gasteiger partial charge in [0, 0.05) is 25.6 Å². The predicted molar refractivity (Wildman–Crippen MR) is 50.4 cm³/mol. The number of carbonyl (C=O) groups excluding carboxylic acids is 1. The third-order valence-electron chi connectivity index (χ3n) is 2.53. The molecule has 1 aliphatic heterocycles. The molecule has 0 aromatic carbocycles. The first-order valence-corrected chi connectivity index (χ1v) is 4.82. The second kappa shape index (κ2) is 5.19. The van der Waals surface area contributed by atoms with Gasteiger partial charge in [0.15, 0.2) is 0 Å². The first-order valence-electron chi connectivity index (χ1n) is 4.82. The fourth-order valence-electron chi connectivity index (χ4n) is 1.67. The molecule has 2 N–H and O–H groups in total. The highest BCUT2D eigenvalue weighted by Gasteiger charge is 2.20. The average Bonchev–Trinajstić information content (AvgIpc) is 2.30. The molecule has 0 spiro atoms. The summed E-state index contributed by atoms with van der Waals surface area (Å²) >= 11 is 0. The van der Waals surface area contributed by atoms with Crippen LogP contribution in [-0.2, 0) is 4.79 Å². The fourth-order valence-corrected chi connectivity index (χ4v) is 1.67. The van der Waals surface area contributed by atoms with Gasteiger partial charge in [-0.3, -0.25) is 4.79 Å². The smallest absolute Gasteiger partial charge is 0.221 e. The van der Waals surface area contributed by atoms with Gasteiger partial charge in [0.1, 0.15) is 0 Å². The second-order valence-electron chi connectivity index (χ2n) is 3.55. The van der Waals surface area contributed by atoms with Crippen LogP contribution in [0.2, 0.25) is 0 Å². The van der Waals surface area contributed by atoms with E-state index in [1.165, 1.54) is 0 Å². The molecule has 4 heteroatoms. The van der Waals surface area contributed by atoms with Crippen molar-refractivity contribution in [2.45, 2.75) is 25.3 Å². The molecule has 0 radical (unpaired) electrons. The fraction of sp³-hybridized carbons (Fsp3) is 0.889. The lowest BCUT2D eigenvalue weighted by Crippen LogP contribution is -2.36. The van der Waals surface area contributed by atoms with Crippen LogP contribution in [0.15, 0.2) is 0 Å². The van der Waals surface area contributed by atoms with Crippen molar-refractivity contribution in [2.75, 3.05) is 26.7 Å². The van der Waals surface area contributed by atoms with Crippen molar-refractivity contribution in [1.29, 1.82) is 0 Å². The van der Waals surface area contributed by atoms with Gasteiger partial charge in [0.2, 0.25) is 5.91 Å². The third-order valence-corrected chi connectivity index (χ3v) is 2.53. The van der Waals surface area contributed by atoms with Crippen molar-refractivity contribution in [1.82, 2.24) is 10.2 Å². The van der Waals surface area contributed by atoms with Crippen LogP contribution in [0.25, 0.3) is 0 Å². The highest BCUT2D eigenvalue weighted by molar-refractivity contribution is 5.76. The van der Waals surface area contributed by atoms with Gasteiger partial charge in [0.25, 0.3) is 0 Å². The van der Waals surface area contributed by atoms with Crippen LogP contribution in [0.5, 0.6) is 0 Å². The quantitative estimate of drug-likeness (QED) is 0.629. The molecule has 1 heterocycles. The second-order valence-corrected chi connectivity index (χ2v) is 3.55. The van der Waals surface area contributed by atoms with E-state index in [2.05, 4.69) is 10.2 Å². The van der Waals surface area contributed by atoms with Crippen LogP contribution in [0.4, 0.5) is 0 Å². The molecule has 0 aromatic heterocycles. The molecule has 13 heavy (non-hydrogen) atoms. The van der Waals surface area contributed by atoms with E-state index in [0.29, 0.717) is 19.0 Å². The maximum absolute atomic E-state index is 11.2. The summed E-state index contributed by atoms with van der Waals surface area (Å²) in [5.41, 5.74) is 0. The summed E-state index contributed by atoms with van der Waals surface area (Å²) in [4.78, 5) is 13.3. The minimum absolute atomic E-state index is 0.132. The first-order chi connectivity index (χ1) is 6.24. The topological polar surface area (TPSA) is 52.6 Å². The van der Waals surface area contributed by atoms with E-state index < -0.39 is 0 Å². The number of nitrogens with one attached hydrogen (secondary N) is 1. The summed E-state index contributed by atoms with van der Waals surface area (Å²) in [6, 6.07) is 0.301. The largest absolute Gasteiger partial charge is 0.395 e. The SMILES string of the molecule is CN(CCO)C1CCCNC(=O)C1. The van der Waals surface area contributed by atoms with Gasteiger partial charge in [-0.25, -0.2) is 0 Å². The first kappa shape index (κ1) is 10.5. The molecule has 0 aliphatic carbocycles. The summed E-state index contributed by atoms with van der Waals surface area (Å²) in [6.45, 7) is 1.61. The Balaban J connectivity index is 2.42. The van der Waals surface area contributed by atoms with Crippen LogP contribution >= 0.6 is 0 Å². The lowest BCUT2D eigenvalue weighted by molar-refractivity contribution is -0.121. The number of nitrogens with zero attached hydrogens (tertiary/aromatic N) is 1. The standard InChI is InChI=1S/C9H18N2O2/c1-11(5-6-12)8-3-2-4-10-9(13)7-8/h8,12H,2-7H2,1H3,(H,10,13). The van der Waals surface area contributed by atoms with Crippen LogP contribution in [-0.4, -0.2) is 48.7 Å². The van der Waals surface area contributed by atoms with E-state index in [-0.39, 0.29) is 12.5 Å². The number of likely N-dealkylation sites (N-methyl/N-ethyl adjacent to an activating group) is 1. The van der Waals surface area contributed by atoms with Crippen LogP contribution < -0.4 is 5.32 Å². The van der Waals surface area contributed by atoms with Gasteiger partial charge in [-0.15, -0.1) is 0 Å². The molecule has 0 saturated carbocycles. The average molecular weight is 186 g/mol. The highest BCUT2D eigenvalue weighted by atomic mass is 16.3. The molecule has 1 unspecified atom stereocenters. The van der Waals surface area contributed by atoms with Gasteiger partial charge in [-0.2, -0.15) is 0 Å². The minimum Gasteiger partial charge on any atom is -0.395 e. The van der Waals surface area contributed by atoms with Crippen molar-refractivity contribution in [3.05, 3.63) is 0 Å². The summed E-state index contributed by atoms with van der Waals surface area (Å²) in [6.07, 6.45) is 2.64. The Morgan fingerprint density at radius 3 is 3.15 bits per heavy atom. The molecule has 1 aliphatic rings. The number of hydrogen-bond donors (Lipinski definition) is 2. The zero-order valence-electron chi connectivity index (χ0n) is 8.12. The number of rotatable bonds is 3. The molecule has 1 amide bonds. The number of aliphatic hydroxyl groups excluding tert-OH is 1. The minimum atomic E-state index is 0.132. The molecule has 0 aromatic rings. The van der Waals surface area contributed by atoms with E-state index in [9.17, 15) is 4.79 Å². The van der Waals surface area contributed by atoms with E-state index in [0.717, 1.165) is 19.4 Å². The van der Waals surface area contributed by atoms with Gasteiger partial charge < -0.3 is 15.3 Å². The maximum atomic E-state index is 11.2. The van der Waals surface area contributed by atoms with Crippen molar-refractivity contribution in [2.24, 2.45) is 0 Å². The van der Waals surface area contributed by atoms with Gasteiger partial charge in [0.05, 0.1) is 6.61 Å². The van der Waals surface area contributed by atoms with Gasteiger partial charge in [-0.05, 0) is 19.9 Å². The Labute approximate surface area is 78.9 Å². The Morgan fingerprint density at radius 2 is 2.46 bits per heavy atom. The molecule has 1 atom stereocenters. The Bertz CT molecular complexity index is 173. The van der Waals surface area contributed by atoms with Crippen molar-refractivity contribution >= 4 is 5.91 Å². The summed E-state index contributed by atoms with van der Waals surface area (Å²) in [5, 5.41) is 11.6. The zero-order chi connectivity index (χ0) is 9.68. The lowest BCUT2D eigenvalue weighted by atomic mass is 10.1. The third kappa shape index (κ3) is 3.32. The van der Waals surface area contributed by atoms with Crippen molar-refractivity contribution < 1.29 is 9.90 Å². The number of aliphatic hydroxyl groups is 1. The predicted octanol–water partition coefficient (Wildman–Crippen LogP) is -0.421. The Hall–Kier alpha value is -0.610.